The summed E-state index contributed by atoms with van der Waals surface area (Å²) in [6.45, 7) is 0. The van der Waals surface area contributed by atoms with Gasteiger partial charge in [-0.2, -0.15) is 0 Å². The van der Waals surface area contributed by atoms with Gasteiger partial charge in [-0.25, -0.2) is 0 Å². The smallest absolute Gasteiger partial charge is 0.129 e. The molecule has 0 aliphatic heterocycles. The van der Waals surface area contributed by atoms with E-state index in [2.05, 4.69) is 4.72 Å². The summed E-state index contributed by atoms with van der Waals surface area (Å²) in [7, 11) is 0. The van der Waals surface area contributed by atoms with E-state index in [-0.39, 0.29) is 17.2 Å². The fourth-order valence-electron chi connectivity index (χ4n) is 1.54. The van der Waals surface area contributed by atoms with Gasteiger partial charge in [-0.05, 0) is 17.5 Å². The van der Waals surface area contributed by atoms with Crippen LogP contribution in [0.1, 0.15) is 0 Å². The average molecular weight is 238 g/mol. The van der Waals surface area contributed by atoms with Crippen molar-refractivity contribution in [3.63, 3.8) is 0 Å². The van der Waals surface area contributed by atoms with Gasteiger partial charge in [0, 0.05) is 23.0 Å². The van der Waals surface area contributed by atoms with E-state index < -0.39 is 11.3 Å². The van der Waals surface area contributed by atoms with Crippen LogP contribution in [-0.2, 0) is 11.3 Å². The molecule has 0 amide bonds. The number of benzene rings is 2. The van der Waals surface area contributed by atoms with Crippen LogP contribution in [0.25, 0.3) is 10.8 Å². The maximum Gasteiger partial charge on any atom is 0.129 e. The monoisotopic (exact) mass is 238 g/mol. The van der Waals surface area contributed by atoms with Crippen molar-refractivity contribution in [2.45, 2.75) is 0 Å². The standard InChI is InChI=1S/C10H9NO4S/c12-8-3-1-2-6-4-7(11-16(14)15)5-9(13)10(6)8/h1-5,11-13H,(H,14,15)/p-1. The third-order valence-electron chi connectivity index (χ3n) is 2.14. The van der Waals surface area contributed by atoms with Gasteiger partial charge >= 0.3 is 0 Å². The van der Waals surface area contributed by atoms with Crippen LogP contribution < -0.4 is 4.72 Å². The lowest BCUT2D eigenvalue weighted by Crippen LogP contribution is -2.01. The second-order valence-electron chi connectivity index (χ2n) is 3.21. The van der Waals surface area contributed by atoms with E-state index in [1.807, 2.05) is 0 Å². The molecule has 0 spiro atoms. The molecule has 0 heterocycles. The summed E-state index contributed by atoms with van der Waals surface area (Å²) < 4.78 is 23.0. The van der Waals surface area contributed by atoms with Crippen LogP contribution in [-0.4, -0.2) is 19.0 Å². The van der Waals surface area contributed by atoms with E-state index >= 15 is 0 Å². The predicted octanol–water partition coefficient (Wildman–Crippen LogP) is 1.46. The van der Waals surface area contributed by atoms with E-state index in [1.54, 1.807) is 12.1 Å². The Morgan fingerprint density at radius 1 is 1.19 bits per heavy atom. The van der Waals surface area contributed by atoms with Crippen molar-refractivity contribution in [1.29, 1.82) is 0 Å². The molecule has 0 saturated carbocycles. The number of anilines is 1. The molecular formula is C10H8NO4S-. The highest BCUT2D eigenvalue weighted by atomic mass is 32.2. The van der Waals surface area contributed by atoms with Crippen molar-refractivity contribution in [3.05, 3.63) is 30.3 Å². The zero-order valence-electron chi connectivity index (χ0n) is 8.01. The van der Waals surface area contributed by atoms with E-state index in [1.165, 1.54) is 18.2 Å². The first-order chi connectivity index (χ1) is 7.58. The van der Waals surface area contributed by atoms with Gasteiger partial charge in [0.25, 0.3) is 0 Å². The summed E-state index contributed by atoms with van der Waals surface area (Å²) in [5.74, 6) is -0.228. The van der Waals surface area contributed by atoms with E-state index in [9.17, 15) is 19.0 Å². The van der Waals surface area contributed by atoms with Crippen LogP contribution >= 0.6 is 0 Å². The SMILES string of the molecule is O=S([O-])Nc1cc(O)c2c(O)cccc2c1. The molecular weight excluding hydrogens is 230 g/mol. The number of fused-ring (bicyclic) bond motifs is 1. The molecule has 0 aliphatic rings. The van der Waals surface area contributed by atoms with Gasteiger partial charge in [-0.1, -0.05) is 12.1 Å². The number of hydrogen-bond donors (Lipinski definition) is 3. The highest BCUT2D eigenvalue weighted by Crippen LogP contribution is 2.35. The second-order valence-corrected chi connectivity index (χ2v) is 3.88. The topological polar surface area (TPSA) is 92.6 Å². The first-order valence-corrected chi connectivity index (χ1v) is 5.46. The summed E-state index contributed by atoms with van der Waals surface area (Å²) in [5.41, 5.74) is 0.240. The maximum atomic E-state index is 10.4. The Morgan fingerprint density at radius 3 is 2.62 bits per heavy atom. The molecule has 1 unspecified atom stereocenters. The third kappa shape index (κ3) is 1.93. The first kappa shape index (κ1) is 10.7. The number of nitrogens with one attached hydrogen (secondary N) is 1. The fourth-order valence-corrected chi connectivity index (χ4v) is 1.85. The molecule has 0 saturated heterocycles. The molecule has 2 aromatic carbocycles. The second kappa shape index (κ2) is 3.99. The van der Waals surface area contributed by atoms with Crippen LogP contribution in [0.4, 0.5) is 5.69 Å². The molecule has 0 fully saturated rings. The highest BCUT2D eigenvalue weighted by molar-refractivity contribution is 7.80. The minimum absolute atomic E-state index is 0.0511. The zero-order chi connectivity index (χ0) is 11.7. The molecule has 0 aliphatic carbocycles. The Hall–Kier alpha value is -1.79. The highest BCUT2D eigenvalue weighted by Gasteiger charge is 2.06. The molecule has 2 rings (SSSR count). The maximum absolute atomic E-state index is 10.4. The Bertz CT molecular complexity index is 570. The number of rotatable bonds is 2. The van der Waals surface area contributed by atoms with Crippen molar-refractivity contribution >= 4 is 27.7 Å². The lowest BCUT2D eigenvalue weighted by atomic mass is 10.1. The molecule has 2 aromatic rings. The van der Waals surface area contributed by atoms with Gasteiger partial charge < -0.3 is 19.5 Å². The molecule has 84 valence electrons. The zero-order valence-corrected chi connectivity index (χ0v) is 8.82. The van der Waals surface area contributed by atoms with E-state index in [0.29, 0.717) is 10.8 Å². The van der Waals surface area contributed by atoms with Crippen molar-refractivity contribution in [3.8, 4) is 11.5 Å². The fraction of sp³-hybridized carbons (Fsp3) is 0. The summed E-state index contributed by atoms with van der Waals surface area (Å²) in [6.07, 6.45) is 0. The largest absolute Gasteiger partial charge is 0.755 e. The number of phenols is 2. The lowest BCUT2D eigenvalue weighted by Gasteiger charge is -2.11. The predicted molar refractivity (Wildman–Crippen MR) is 59.8 cm³/mol. The van der Waals surface area contributed by atoms with Gasteiger partial charge in [0.05, 0.1) is 5.39 Å². The molecule has 3 N–H and O–H groups in total. The summed E-state index contributed by atoms with van der Waals surface area (Å²) in [5, 5.41) is 20.0. The number of phenolic OH excluding ortho intramolecular Hbond substituents is 2. The summed E-state index contributed by atoms with van der Waals surface area (Å²) >= 11 is -2.45. The van der Waals surface area contributed by atoms with E-state index in [4.69, 9.17) is 0 Å². The van der Waals surface area contributed by atoms with Crippen LogP contribution in [0.2, 0.25) is 0 Å². The summed E-state index contributed by atoms with van der Waals surface area (Å²) in [6, 6.07) is 7.46. The number of hydrogen-bond acceptors (Lipinski definition) is 4. The minimum Gasteiger partial charge on any atom is -0.755 e. The molecule has 5 nitrogen and oxygen atoms in total. The molecule has 16 heavy (non-hydrogen) atoms. The third-order valence-corrected chi connectivity index (χ3v) is 2.54. The van der Waals surface area contributed by atoms with Crippen LogP contribution in [0.3, 0.4) is 0 Å². The Kier molecular flexibility index (Phi) is 2.67. The van der Waals surface area contributed by atoms with Crippen LogP contribution in [0, 0.1) is 0 Å². The van der Waals surface area contributed by atoms with Gasteiger partial charge in [-0.3, -0.25) is 4.21 Å². The summed E-state index contributed by atoms with van der Waals surface area (Å²) in [4.78, 5) is 0. The van der Waals surface area contributed by atoms with Crippen molar-refractivity contribution < 1.29 is 19.0 Å². The molecule has 0 aromatic heterocycles. The van der Waals surface area contributed by atoms with Gasteiger partial charge in [0.15, 0.2) is 0 Å². The Balaban J connectivity index is 2.64. The van der Waals surface area contributed by atoms with Crippen LogP contribution in [0.15, 0.2) is 30.3 Å². The Morgan fingerprint density at radius 2 is 1.94 bits per heavy atom. The first-order valence-electron chi connectivity index (χ1n) is 4.38. The molecule has 0 radical (unpaired) electrons. The van der Waals surface area contributed by atoms with Gasteiger partial charge in [0.2, 0.25) is 0 Å². The van der Waals surface area contributed by atoms with Crippen molar-refractivity contribution in [2.24, 2.45) is 0 Å². The average Bonchev–Trinajstić information content (AvgIpc) is 2.15. The quantitative estimate of drug-likeness (QED) is 0.690. The van der Waals surface area contributed by atoms with Crippen molar-refractivity contribution in [2.75, 3.05) is 4.72 Å². The molecule has 1 atom stereocenters. The van der Waals surface area contributed by atoms with E-state index in [0.717, 1.165) is 0 Å². The van der Waals surface area contributed by atoms with Crippen molar-refractivity contribution in [1.82, 2.24) is 0 Å². The number of aromatic hydroxyl groups is 2. The van der Waals surface area contributed by atoms with Gasteiger partial charge in [-0.15, -0.1) is 0 Å². The molecule has 0 bridgehead atoms. The normalized spacial score (nSPS) is 12.6. The lowest BCUT2D eigenvalue weighted by molar-refractivity contribution is 0.464. The minimum atomic E-state index is -2.45. The molecule has 6 heteroatoms. The Labute approximate surface area is 93.8 Å². The van der Waals surface area contributed by atoms with Crippen LogP contribution in [0.5, 0.6) is 11.5 Å². The van der Waals surface area contributed by atoms with Gasteiger partial charge in [0.1, 0.15) is 11.5 Å².